The van der Waals surface area contributed by atoms with Crippen molar-refractivity contribution in [3.63, 3.8) is 0 Å². The van der Waals surface area contributed by atoms with Crippen LogP contribution < -0.4 is 11.1 Å². The summed E-state index contributed by atoms with van der Waals surface area (Å²) >= 11 is 0. The maximum Gasteiger partial charge on any atom is 0.320 e. The first kappa shape index (κ1) is 22.7. The molecule has 0 saturated heterocycles. The third-order valence-electron chi connectivity index (χ3n) is 5.55. The number of fused-ring (bicyclic) bond motifs is 2. The van der Waals surface area contributed by atoms with Crippen LogP contribution in [0.4, 0.5) is 0 Å². The summed E-state index contributed by atoms with van der Waals surface area (Å²) in [6.07, 6.45) is 0. The molecule has 0 aliphatic rings. The van der Waals surface area contributed by atoms with Crippen molar-refractivity contribution in [1.29, 1.82) is 0 Å². The SMILES string of the molecule is COC(=O)C(C(=O)OC)[C@@H](C)[C@@H](NC(=O)c1c2ccccc2cc2ccccc12)C(N)=O. The van der Waals surface area contributed by atoms with Crippen LogP contribution in [0, 0.1) is 11.8 Å². The quantitative estimate of drug-likeness (QED) is 0.332. The maximum atomic E-state index is 13.4. The zero-order valence-corrected chi connectivity index (χ0v) is 18.0. The van der Waals surface area contributed by atoms with E-state index in [1.165, 1.54) is 6.92 Å². The van der Waals surface area contributed by atoms with E-state index in [1.807, 2.05) is 54.6 Å². The zero-order chi connectivity index (χ0) is 23.4. The molecule has 0 aliphatic heterocycles. The Hall–Kier alpha value is -3.94. The fraction of sp³-hybridized carbons (Fsp3) is 0.250. The predicted octanol–water partition coefficient (Wildman–Crippen LogP) is 2.17. The number of nitrogens with one attached hydrogen (secondary N) is 1. The number of nitrogens with two attached hydrogens (primary N) is 1. The van der Waals surface area contributed by atoms with Gasteiger partial charge in [-0.1, -0.05) is 55.5 Å². The lowest BCUT2D eigenvalue weighted by Crippen LogP contribution is -2.52. The van der Waals surface area contributed by atoms with Crippen LogP contribution >= 0.6 is 0 Å². The number of methoxy groups -OCH3 is 2. The summed E-state index contributed by atoms with van der Waals surface area (Å²) in [6.45, 7) is 1.45. The second-order valence-electron chi connectivity index (χ2n) is 7.43. The smallest absolute Gasteiger partial charge is 0.320 e. The van der Waals surface area contributed by atoms with E-state index < -0.39 is 41.6 Å². The first-order valence-electron chi connectivity index (χ1n) is 9.96. The Kier molecular flexibility index (Phi) is 6.73. The van der Waals surface area contributed by atoms with Crippen molar-refractivity contribution in [3.8, 4) is 0 Å². The summed E-state index contributed by atoms with van der Waals surface area (Å²) in [6, 6.07) is 15.4. The van der Waals surface area contributed by atoms with Crippen molar-refractivity contribution in [2.75, 3.05) is 14.2 Å². The monoisotopic (exact) mass is 436 g/mol. The fourth-order valence-electron chi connectivity index (χ4n) is 3.91. The molecule has 0 radical (unpaired) electrons. The van der Waals surface area contributed by atoms with E-state index in [2.05, 4.69) is 14.8 Å². The van der Waals surface area contributed by atoms with Gasteiger partial charge in [-0.05, 0) is 27.6 Å². The summed E-state index contributed by atoms with van der Waals surface area (Å²) in [5, 5.41) is 5.71. The largest absolute Gasteiger partial charge is 0.468 e. The average Bonchev–Trinajstić information content (AvgIpc) is 2.80. The number of hydrogen-bond acceptors (Lipinski definition) is 6. The van der Waals surface area contributed by atoms with Crippen molar-refractivity contribution in [2.24, 2.45) is 17.6 Å². The summed E-state index contributed by atoms with van der Waals surface area (Å²) < 4.78 is 9.37. The van der Waals surface area contributed by atoms with Crippen LogP contribution in [-0.4, -0.2) is 44.0 Å². The minimum absolute atomic E-state index is 0.366. The number of primary amides is 1. The standard InChI is InChI=1S/C24H24N2O6/c1-13(18(23(29)31-2)24(30)32-3)20(21(25)27)26-22(28)19-16-10-6-4-8-14(16)12-15-9-5-7-11-17(15)19/h4-13,18,20H,1-3H3,(H2,25,27)(H,26,28)/t13-,20-/m1/s1. The third-order valence-corrected chi connectivity index (χ3v) is 5.55. The van der Waals surface area contributed by atoms with Gasteiger partial charge in [-0.25, -0.2) is 0 Å². The molecule has 8 nitrogen and oxygen atoms in total. The van der Waals surface area contributed by atoms with Crippen molar-refractivity contribution >= 4 is 45.3 Å². The van der Waals surface area contributed by atoms with Crippen molar-refractivity contribution in [3.05, 3.63) is 60.2 Å². The molecule has 2 amide bonds. The van der Waals surface area contributed by atoms with E-state index >= 15 is 0 Å². The Morgan fingerprint density at radius 3 is 1.75 bits per heavy atom. The van der Waals surface area contributed by atoms with Gasteiger partial charge in [0.15, 0.2) is 5.92 Å². The van der Waals surface area contributed by atoms with Crippen LogP contribution in [0.5, 0.6) is 0 Å². The molecular formula is C24H24N2O6. The third kappa shape index (κ3) is 4.25. The van der Waals surface area contributed by atoms with Gasteiger partial charge in [-0.3, -0.25) is 19.2 Å². The normalized spacial score (nSPS) is 12.9. The second kappa shape index (κ2) is 9.47. The highest BCUT2D eigenvalue weighted by molar-refractivity contribution is 6.18. The molecule has 3 N–H and O–H groups in total. The summed E-state index contributed by atoms with van der Waals surface area (Å²) in [7, 11) is 2.23. The lowest BCUT2D eigenvalue weighted by molar-refractivity contribution is -0.161. The van der Waals surface area contributed by atoms with Crippen LogP contribution in [0.3, 0.4) is 0 Å². The molecule has 0 aromatic heterocycles. The Labute approximate surface area is 184 Å². The minimum Gasteiger partial charge on any atom is -0.468 e. The highest BCUT2D eigenvalue weighted by atomic mass is 16.5. The molecule has 0 heterocycles. The van der Waals surface area contributed by atoms with Gasteiger partial charge in [-0.2, -0.15) is 0 Å². The highest BCUT2D eigenvalue weighted by Crippen LogP contribution is 2.29. The van der Waals surface area contributed by atoms with Crippen LogP contribution in [0.15, 0.2) is 54.6 Å². The molecule has 3 aromatic carbocycles. The Morgan fingerprint density at radius 1 is 0.844 bits per heavy atom. The summed E-state index contributed by atoms with van der Waals surface area (Å²) in [5.74, 6) is -5.68. The Bertz CT molecular complexity index is 1140. The van der Waals surface area contributed by atoms with Gasteiger partial charge < -0.3 is 20.5 Å². The van der Waals surface area contributed by atoms with Gasteiger partial charge in [0.25, 0.3) is 5.91 Å². The maximum absolute atomic E-state index is 13.4. The van der Waals surface area contributed by atoms with Gasteiger partial charge >= 0.3 is 11.9 Å². The van der Waals surface area contributed by atoms with Crippen molar-refractivity contribution in [1.82, 2.24) is 5.32 Å². The number of ether oxygens (including phenoxy) is 2. The van der Waals surface area contributed by atoms with Gasteiger partial charge in [0, 0.05) is 5.92 Å². The van der Waals surface area contributed by atoms with Crippen molar-refractivity contribution < 1.29 is 28.7 Å². The number of esters is 2. The molecule has 0 saturated carbocycles. The zero-order valence-electron chi connectivity index (χ0n) is 18.0. The van der Waals surface area contributed by atoms with E-state index in [1.54, 1.807) is 0 Å². The lowest BCUT2D eigenvalue weighted by atomic mass is 9.86. The van der Waals surface area contributed by atoms with E-state index in [4.69, 9.17) is 5.73 Å². The molecule has 166 valence electrons. The van der Waals surface area contributed by atoms with Crippen LogP contribution in [0.2, 0.25) is 0 Å². The van der Waals surface area contributed by atoms with Gasteiger partial charge in [0.2, 0.25) is 5.91 Å². The van der Waals surface area contributed by atoms with E-state index in [0.29, 0.717) is 16.3 Å². The molecule has 0 fully saturated rings. The number of amides is 2. The molecule has 3 rings (SSSR count). The fourth-order valence-corrected chi connectivity index (χ4v) is 3.91. The number of carbonyl (C=O) groups is 4. The predicted molar refractivity (Wildman–Crippen MR) is 119 cm³/mol. The number of benzene rings is 3. The van der Waals surface area contributed by atoms with Crippen LogP contribution in [0.1, 0.15) is 17.3 Å². The first-order chi connectivity index (χ1) is 15.3. The molecule has 0 aliphatic carbocycles. The summed E-state index contributed by atoms with van der Waals surface area (Å²) in [5.41, 5.74) is 5.92. The van der Waals surface area contributed by atoms with Gasteiger partial charge in [0.1, 0.15) is 6.04 Å². The van der Waals surface area contributed by atoms with E-state index in [9.17, 15) is 19.2 Å². The topological polar surface area (TPSA) is 125 Å². The summed E-state index contributed by atoms with van der Waals surface area (Å²) in [4.78, 5) is 50.1. The number of carbonyl (C=O) groups excluding carboxylic acids is 4. The van der Waals surface area contributed by atoms with Crippen LogP contribution in [0.25, 0.3) is 21.5 Å². The molecule has 0 spiro atoms. The highest BCUT2D eigenvalue weighted by Gasteiger charge is 2.41. The molecular weight excluding hydrogens is 412 g/mol. The average molecular weight is 436 g/mol. The van der Waals surface area contributed by atoms with E-state index in [-0.39, 0.29) is 0 Å². The molecule has 8 heteroatoms. The Morgan fingerprint density at radius 2 is 1.31 bits per heavy atom. The molecule has 3 aromatic rings. The second-order valence-corrected chi connectivity index (χ2v) is 7.43. The molecule has 2 atom stereocenters. The first-order valence-corrected chi connectivity index (χ1v) is 9.96. The van der Waals surface area contributed by atoms with Crippen molar-refractivity contribution in [2.45, 2.75) is 13.0 Å². The lowest BCUT2D eigenvalue weighted by Gasteiger charge is -2.27. The van der Waals surface area contributed by atoms with Gasteiger partial charge in [-0.15, -0.1) is 0 Å². The Balaban J connectivity index is 2.06. The minimum atomic E-state index is -1.44. The molecule has 0 unspecified atom stereocenters. The molecule has 32 heavy (non-hydrogen) atoms. The van der Waals surface area contributed by atoms with Gasteiger partial charge in [0.05, 0.1) is 19.8 Å². The van der Waals surface area contributed by atoms with Crippen LogP contribution in [-0.2, 0) is 23.9 Å². The number of rotatable bonds is 7. The molecule has 0 bridgehead atoms. The van der Waals surface area contributed by atoms with E-state index in [0.717, 1.165) is 25.0 Å². The number of hydrogen-bond donors (Lipinski definition) is 2.